The highest BCUT2D eigenvalue weighted by atomic mass is 14.3. The molecule has 1 aromatic carbocycles. The number of nitrogens with zero attached hydrogens (tertiary/aromatic N) is 1. The second-order valence-corrected chi connectivity index (χ2v) is 3.67. The highest BCUT2D eigenvalue weighted by Crippen LogP contribution is 2.33. The third-order valence-electron chi connectivity index (χ3n) is 2.77. The molecule has 1 heteroatoms. The fourth-order valence-corrected chi connectivity index (χ4v) is 2.03. The SMILES string of the molecule is N#CC1=CCCC[C@@H]1c1ccccc1. The predicted octanol–water partition coefficient (Wildman–Crippen LogP) is 3.40. The van der Waals surface area contributed by atoms with Gasteiger partial charge >= 0.3 is 0 Å². The van der Waals surface area contributed by atoms with Gasteiger partial charge in [-0.1, -0.05) is 36.4 Å². The van der Waals surface area contributed by atoms with Crippen LogP contribution in [-0.4, -0.2) is 0 Å². The average molecular weight is 183 g/mol. The van der Waals surface area contributed by atoms with Crippen molar-refractivity contribution in [3.8, 4) is 6.07 Å². The third kappa shape index (κ3) is 1.70. The van der Waals surface area contributed by atoms with Crippen LogP contribution in [0.1, 0.15) is 30.7 Å². The minimum Gasteiger partial charge on any atom is -0.193 e. The van der Waals surface area contributed by atoms with Gasteiger partial charge in [0.1, 0.15) is 0 Å². The Balaban J connectivity index is 2.31. The molecule has 70 valence electrons. The van der Waals surface area contributed by atoms with Crippen LogP contribution in [0.25, 0.3) is 0 Å². The zero-order valence-electron chi connectivity index (χ0n) is 8.11. The van der Waals surface area contributed by atoms with Crippen molar-refractivity contribution in [1.29, 1.82) is 5.26 Å². The Bertz CT molecular complexity index is 370. The Morgan fingerprint density at radius 3 is 2.71 bits per heavy atom. The molecule has 0 saturated carbocycles. The quantitative estimate of drug-likeness (QED) is 0.654. The summed E-state index contributed by atoms with van der Waals surface area (Å²) >= 11 is 0. The zero-order chi connectivity index (χ0) is 9.80. The van der Waals surface area contributed by atoms with Crippen LogP contribution in [0, 0.1) is 11.3 Å². The van der Waals surface area contributed by atoms with E-state index in [4.69, 9.17) is 5.26 Å². The van der Waals surface area contributed by atoms with Gasteiger partial charge in [0.2, 0.25) is 0 Å². The third-order valence-corrected chi connectivity index (χ3v) is 2.77. The average Bonchev–Trinajstić information content (AvgIpc) is 2.30. The van der Waals surface area contributed by atoms with Crippen LogP contribution in [-0.2, 0) is 0 Å². The molecule has 2 rings (SSSR count). The second kappa shape index (κ2) is 4.11. The van der Waals surface area contributed by atoms with Crippen molar-refractivity contribution in [2.24, 2.45) is 0 Å². The topological polar surface area (TPSA) is 23.8 Å². The monoisotopic (exact) mass is 183 g/mol. The molecule has 1 aliphatic rings. The summed E-state index contributed by atoms with van der Waals surface area (Å²) in [6, 6.07) is 12.6. The molecule has 0 amide bonds. The van der Waals surface area contributed by atoms with Gasteiger partial charge in [0.05, 0.1) is 6.07 Å². The second-order valence-electron chi connectivity index (χ2n) is 3.67. The Kier molecular flexibility index (Phi) is 2.65. The van der Waals surface area contributed by atoms with E-state index in [1.165, 1.54) is 12.0 Å². The Hall–Kier alpha value is -1.55. The molecule has 1 aromatic rings. The molecule has 0 bridgehead atoms. The van der Waals surface area contributed by atoms with Crippen LogP contribution in [0.5, 0.6) is 0 Å². The van der Waals surface area contributed by atoms with E-state index in [-0.39, 0.29) is 0 Å². The van der Waals surface area contributed by atoms with Gasteiger partial charge in [0.25, 0.3) is 0 Å². The first-order valence-electron chi connectivity index (χ1n) is 5.07. The van der Waals surface area contributed by atoms with E-state index in [0.717, 1.165) is 18.4 Å². The Labute approximate surface area is 84.7 Å². The van der Waals surface area contributed by atoms with Crippen molar-refractivity contribution in [3.63, 3.8) is 0 Å². The normalized spacial score (nSPS) is 21.1. The van der Waals surface area contributed by atoms with Gasteiger partial charge in [-0.05, 0) is 24.8 Å². The first-order valence-corrected chi connectivity index (χ1v) is 5.07. The molecule has 0 saturated heterocycles. The first-order chi connectivity index (χ1) is 6.92. The lowest BCUT2D eigenvalue weighted by Crippen LogP contribution is -2.05. The maximum atomic E-state index is 9.00. The number of benzene rings is 1. The van der Waals surface area contributed by atoms with Gasteiger partial charge in [0, 0.05) is 11.5 Å². The van der Waals surface area contributed by atoms with Crippen molar-refractivity contribution < 1.29 is 0 Å². The first kappa shape index (κ1) is 9.02. The maximum Gasteiger partial charge on any atom is 0.0950 e. The predicted molar refractivity (Wildman–Crippen MR) is 56.7 cm³/mol. The van der Waals surface area contributed by atoms with Crippen molar-refractivity contribution in [3.05, 3.63) is 47.5 Å². The highest BCUT2D eigenvalue weighted by molar-refractivity contribution is 5.37. The van der Waals surface area contributed by atoms with Gasteiger partial charge in [-0.3, -0.25) is 0 Å². The Morgan fingerprint density at radius 2 is 2.00 bits per heavy atom. The molecule has 1 aliphatic carbocycles. The number of hydrogen-bond acceptors (Lipinski definition) is 1. The minimum absolute atomic E-state index is 0.343. The van der Waals surface area contributed by atoms with E-state index >= 15 is 0 Å². The van der Waals surface area contributed by atoms with Gasteiger partial charge in [-0.25, -0.2) is 0 Å². The largest absolute Gasteiger partial charge is 0.193 e. The number of hydrogen-bond donors (Lipinski definition) is 0. The molecule has 0 aromatic heterocycles. The van der Waals surface area contributed by atoms with E-state index in [9.17, 15) is 0 Å². The van der Waals surface area contributed by atoms with Crippen molar-refractivity contribution >= 4 is 0 Å². The van der Waals surface area contributed by atoms with Crippen LogP contribution in [0.15, 0.2) is 42.0 Å². The smallest absolute Gasteiger partial charge is 0.0950 e. The summed E-state index contributed by atoms with van der Waals surface area (Å²) in [5.74, 6) is 0.343. The standard InChI is InChI=1S/C13H13N/c14-10-12-8-4-5-9-13(12)11-6-2-1-3-7-11/h1-3,6-8,13H,4-5,9H2/t13-/m1/s1. The molecule has 0 unspecified atom stereocenters. The molecule has 14 heavy (non-hydrogen) atoms. The summed E-state index contributed by atoms with van der Waals surface area (Å²) in [6.45, 7) is 0. The fourth-order valence-electron chi connectivity index (χ4n) is 2.03. The van der Waals surface area contributed by atoms with Crippen molar-refractivity contribution in [2.45, 2.75) is 25.2 Å². The molecular formula is C13H13N. The van der Waals surface area contributed by atoms with Gasteiger partial charge in [-0.15, -0.1) is 0 Å². The summed E-state index contributed by atoms with van der Waals surface area (Å²) in [5, 5.41) is 9.00. The molecule has 1 nitrogen and oxygen atoms in total. The number of nitriles is 1. The molecule has 0 aliphatic heterocycles. The number of rotatable bonds is 1. The lowest BCUT2D eigenvalue weighted by atomic mass is 9.83. The van der Waals surface area contributed by atoms with Gasteiger partial charge in [-0.2, -0.15) is 5.26 Å². The van der Waals surface area contributed by atoms with Gasteiger partial charge < -0.3 is 0 Å². The van der Waals surface area contributed by atoms with Gasteiger partial charge in [0.15, 0.2) is 0 Å². The zero-order valence-corrected chi connectivity index (χ0v) is 8.11. The van der Waals surface area contributed by atoms with E-state index < -0.39 is 0 Å². The lowest BCUT2D eigenvalue weighted by molar-refractivity contribution is 0.636. The van der Waals surface area contributed by atoms with Crippen LogP contribution >= 0.6 is 0 Å². The summed E-state index contributed by atoms with van der Waals surface area (Å²) < 4.78 is 0. The van der Waals surface area contributed by atoms with E-state index in [1.54, 1.807) is 0 Å². The molecule has 0 radical (unpaired) electrons. The Morgan fingerprint density at radius 1 is 1.21 bits per heavy atom. The maximum absolute atomic E-state index is 9.00. The fraction of sp³-hybridized carbons (Fsp3) is 0.308. The summed E-state index contributed by atoms with van der Waals surface area (Å²) in [4.78, 5) is 0. The lowest BCUT2D eigenvalue weighted by Gasteiger charge is -2.20. The van der Waals surface area contributed by atoms with E-state index in [0.29, 0.717) is 5.92 Å². The highest BCUT2D eigenvalue weighted by Gasteiger charge is 2.18. The molecular weight excluding hydrogens is 170 g/mol. The van der Waals surface area contributed by atoms with E-state index in [2.05, 4.69) is 24.3 Å². The summed E-state index contributed by atoms with van der Waals surface area (Å²) in [5.41, 5.74) is 2.22. The molecule has 0 fully saturated rings. The molecule has 0 spiro atoms. The van der Waals surface area contributed by atoms with Crippen molar-refractivity contribution in [1.82, 2.24) is 0 Å². The summed E-state index contributed by atoms with van der Waals surface area (Å²) in [6.07, 6.45) is 5.46. The van der Waals surface area contributed by atoms with Crippen LogP contribution in [0.4, 0.5) is 0 Å². The van der Waals surface area contributed by atoms with Crippen LogP contribution in [0.3, 0.4) is 0 Å². The molecule has 1 atom stereocenters. The van der Waals surface area contributed by atoms with Crippen LogP contribution < -0.4 is 0 Å². The van der Waals surface area contributed by atoms with Crippen LogP contribution in [0.2, 0.25) is 0 Å². The van der Waals surface area contributed by atoms with Crippen molar-refractivity contribution in [2.75, 3.05) is 0 Å². The molecule has 0 N–H and O–H groups in total. The minimum atomic E-state index is 0.343. The molecule has 0 heterocycles. The summed E-state index contributed by atoms with van der Waals surface area (Å²) in [7, 11) is 0. The number of allylic oxidation sites excluding steroid dienone is 2. The van der Waals surface area contributed by atoms with E-state index in [1.807, 2.05) is 18.2 Å².